The van der Waals surface area contributed by atoms with Crippen LogP contribution in [0, 0.1) is 0 Å². The summed E-state index contributed by atoms with van der Waals surface area (Å²) in [7, 11) is -9.39. The molecule has 1 aliphatic carbocycles. The molecule has 0 saturated heterocycles. The Kier molecular flexibility index (Phi) is 6.35. The first kappa shape index (κ1) is 27.6. The predicted octanol–water partition coefficient (Wildman–Crippen LogP) is 7.30. The molecule has 0 amide bonds. The van der Waals surface area contributed by atoms with Crippen LogP contribution in [0.1, 0.15) is 22.3 Å². The lowest BCUT2D eigenvalue weighted by Gasteiger charge is -2.34. The van der Waals surface area contributed by atoms with E-state index >= 15 is 0 Å². The maximum Gasteiger partial charge on any atom is 0.524 e. The Hall–Kier alpha value is -4.26. The van der Waals surface area contributed by atoms with Gasteiger partial charge in [0.05, 0.1) is 5.41 Å². The molecule has 0 radical (unpaired) electrons. The van der Waals surface area contributed by atoms with E-state index in [1.54, 1.807) is 36.4 Å². The van der Waals surface area contributed by atoms with Crippen molar-refractivity contribution in [3.63, 3.8) is 0 Å². The van der Waals surface area contributed by atoms with E-state index in [0.717, 1.165) is 54.9 Å². The molecule has 0 saturated carbocycles. The Morgan fingerprint density at radius 1 is 0.465 bits per heavy atom. The van der Waals surface area contributed by atoms with Gasteiger partial charge in [-0.2, -0.15) is 0 Å². The van der Waals surface area contributed by atoms with Crippen LogP contribution in [0.4, 0.5) is 0 Å². The Morgan fingerprint density at radius 2 is 0.837 bits per heavy atom. The van der Waals surface area contributed by atoms with Gasteiger partial charge in [0.1, 0.15) is 11.5 Å². The van der Waals surface area contributed by atoms with Crippen molar-refractivity contribution in [1.29, 1.82) is 0 Å². The molecule has 0 heterocycles. The number of phosphoric acid groups is 2. The molecule has 7 rings (SSSR count). The van der Waals surface area contributed by atoms with Crippen LogP contribution in [0.3, 0.4) is 0 Å². The van der Waals surface area contributed by atoms with Gasteiger partial charge in [0.15, 0.2) is 0 Å². The number of rotatable bonds is 6. The molecule has 0 aromatic heterocycles. The molecule has 214 valence electrons. The van der Waals surface area contributed by atoms with Gasteiger partial charge in [-0.15, -0.1) is 0 Å². The molecular formula is C33H24O8P2. The minimum absolute atomic E-state index is 0.0801. The van der Waals surface area contributed by atoms with Crippen molar-refractivity contribution in [3.05, 3.63) is 144 Å². The lowest BCUT2D eigenvalue weighted by Crippen LogP contribution is -2.28. The summed E-state index contributed by atoms with van der Waals surface area (Å²) < 4.78 is 32.4. The van der Waals surface area contributed by atoms with Gasteiger partial charge in [-0.05, 0) is 91.3 Å². The van der Waals surface area contributed by atoms with Crippen LogP contribution < -0.4 is 9.05 Å². The number of phosphoric ester groups is 2. The van der Waals surface area contributed by atoms with Gasteiger partial charge in [-0.25, -0.2) is 9.13 Å². The molecule has 0 unspecified atom stereocenters. The minimum Gasteiger partial charge on any atom is -0.404 e. The van der Waals surface area contributed by atoms with Crippen molar-refractivity contribution in [2.24, 2.45) is 0 Å². The third-order valence-corrected chi connectivity index (χ3v) is 8.79. The highest BCUT2D eigenvalue weighted by Crippen LogP contribution is 2.56. The SMILES string of the molecule is O=P(O)(O)Oc1ccc2cc(C3(c4ccc5cc(OP(=O)(O)O)ccc5c4)c4ccccc4-c4ccccc43)ccc2c1. The smallest absolute Gasteiger partial charge is 0.404 e. The molecule has 6 aromatic rings. The van der Waals surface area contributed by atoms with Gasteiger partial charge in [-0.1, -0.05) is 84.9 Å². The maximum absolute atomic E-state index is 11.4. The van der Waals surface area contributed by atoms with Crippen LogP contribution in [0.5, 0.6) is 11.5 Å². The second kappa shape index (κ2) is 9.90. The van der Waals surface area contributed by atoms with E-state index in [0.29, 0.717) is 0 Å². The van der Waals surface area contributed by atoms with Crippen LogP contribution in [-0.4, -0.2) is 19.6 Å². The summed E-state index contributed by atoms with van der Waals surface area (Å²) in [5, 5.41) is 3.27. The Bertz CT molecular complexity index is 2010. The van der Waals surface area contributed by atoms with Crippen molar-refractivity contribution in [2.45, 2.75) is 5.41 Å². The molecule has 0 aliphatic heterocycles. The molecule has 0 fully saturated rings. The first-order valence-electron chi connectivity index (χ1n) is 13.3. The normalized spacial score (nSPS) is 14.0. The zero-order valence-electron chi connectivity index (χ0n) is 22.4. The summed E-state index contributed by atoms with van der Waals surface area (Å²) in [6.45, 7) is 0. The van der Waals surface area contributed by atoms with Gasteiger partial charge >= 0.3 is 15.6 Å². The van der Waals surface area contributed by atoms with E-state index in [2.05, 4.69) is 36.4 Å². The molecule has 0 spiro atoms. The van der Waals surface area contributed by atoms with E-state index < -0.39 is 21.1 Å². The summed E-state index contributed by atoms with van der Waals surface area (Å²) in [6, 6.07) is 38.6. The fourth-order valence-electron chi connectivity index (χ4n) is 6.33. The highest BCUT2D eigenvalue weighted by Gasteiger charge is 2.46. The van der Waals surface area contributed by atoms with E-state index in [4.69, 9.17) is 9.05 Å². The van der Waals surface area contributed by atoms with Gasteiger partial charge in [-0.3, -0.25) is 19.6 Å². The average Bonchev–Trinajstić information content (AvgIpc) is 3.26. The van der Waals surface area contributed by atoms with Crippen LogP contribution in [0.2, 0.25) is 0 Å². The summed E-state index contributed by atoms with van der Waals surface area (Å²) >= 11 is 0. The molecule has 0 atom stereocenters. The monoisotopic (exact) mass is 610 g/mol. The van der Waals surface area contributed by atoms with Crippen LogP contribution in [-0.2, 0) is 14.5 Å². The van der Waals surface area contributed by atoms with Gasteiger partial charge in [0.2, 0.25) is 0 Å². The largest absolute Gasteiger partial charge is 0.524 e. The van der Waals surface area contributed by atoms with E-state index in [1.165, 1.54) is 0 Å². The van der Waals surface area contributed by atoms with E-state index in [-0.39, 0.29) is 11.5 Å². The molecule has 4 N–H and O–H groups in total. The first-order chi connectivity index (χ1) is 20.5. The topological polar surface area (TPSA) is 134 Å². The first-order valence-corrected chi connectivity index (χ1v) is 16.4. The van der Waals surface area contributed by atoms with Crippen molar-refractivity contribution >= 4 is 37.2 Å². The number of fused-ring (bicyclic) bond motifs is 5. The zero-order chi connectivity index (χ0) is 30.0. The molecule has 10 heteroatoms. The predicted molar refractivity (Wildman–Crippen MR) is 164 cm³/mol. The summed E-state index contributed by atoms with van der Waals surface area (Å²) in [6.07, 6.45) is 0. The van der Waals surface area contributed by atoms with Crippen LogP contribution in [0.15, 0.2) is 121 Å². The average molecular weight is 610 g/mol. The fraction of sp³-hybridized carbons (Fsp3) is 0.0303. The van der Waals surface area contributed by atoms with E-state index in [1.807, 2.05) is 48.5 Å². The molecule has 6 aromatic carbocycles. The fourth-order valence-corrected chi connectivity index (χ4v) is 7.10. The number of hydrogen-bond acceptors (Lipinski definition) is 4. The van der Waals surface area contributed by atoms with Gasteiger partial charge < -0.3 is 9.05 Å². The molecule has 43 heavy (non-hydrogen) atoms. The zero-order valence-corrected chi connectivity index (χ0v) is 24.2. The second-order valence-electron chi connectivity index (χ2n) is 10.5. The highest BCUT2D eigenvalue weighted by atomic mass is 31.2. The minimum atomic E-state index is -4.70. The quantitative estimate of drug-likeness (QED) is 0.144. The Labute approximate surface area is 246 Å². The lowest BCUT2D eigenvalue weighted by atomic mass is 9.67. The maximum atomic E-state index is 11.4. The second-order valence-corrected chi connectivity index (χ2v) is 12.8. The summed E-state index contributed by atoms with van der Waals surface area (Å²) in [5.41, 5.74) is 5.75. The number of hydrogen-bond donors (Lipinski definition) is 4. The van der Waals surface area contributed by atoms with Crippen molar-refractivity contribution in [1.82, 2.24) is 0 Å². The van der Waals surface area contributed by atoms with Crippen LogP contribution in [0.25, 0.3) is 32.7 Å². The summed E-state index contributed by atoms with van der Waals surface area (Å²) in [4.78, 5) is 37.1. The third kappa shape index (κ3) is 4.85. The van der Waals surface area contributed by atoms with Crippen molar-refractivity contribution in [2.75, 3.05) is 0 Å². The van der Waals surface area contributed by atoms with Gasteiger partial charge in [0, 0.05) is 0 Å². The van der Waals surface area contributed by atoms with E-state index in [9.17, 15) is 28.7 Å². The highest BCUT2D eigenvalue weighted by molar-refractivity contribution is 7.47. The number of benzene rings is 6. The lowest BCUT2D eigenvalue weighted by molar-refractivity contribution is 0.281. The standard InChI is InChI=1S/C33H24O8P2/c34-42(35,36)40-27-15-11-21-17-25(13-9-23(21)19-27)33(31-7-3-1-5-29(31)30-6-2-4-8-32(30)33)26-14-10-24-20-28(41-43(37,38)39)16-12-22(24)18-26/h1-20H,(H2,34,35,36)(H2,37,38,39). The van der Waals surface area contributed by atoms with Gasteiger partial charge in [0.25, 0.3) is 0 Å². The Balaban J connectivity index is 1.47. The summed E-state index contributed by atoms with van der Waals surface area (Å²) in [5.74, 6) is 0.160. The molecule has 1 aliphatic rings. The Morgan fingerprint density at radius 3 is 1.26 bits per heavy atom. The van der Waals surface area contributed by atoms with Crippen molar-refractivity contribution in [3.8, 4) is 22.6 Å². The van der Waals surface area contributed by atoms with Crippen molar-refractivity contribution < 1.29 is 37.8 Å². The molecule has 8 nitrogen and oxygen atoms in total. The third-order valence-electron chi connectivity index (χ3n) is 7.89. The molecule has 0 bridgehead atoms. The van der Waals surface area contributed by atoms with Crippen LogP contribution >= 0.6 is 15.6 Å². The molecular weight excluding hydrogens is 586 g/mol.